The number of hydrogen-bond donors (Lipinski definition) is 1. The summed E-state index contributed by atoms with van der Waals surface area (Å²) < 4.78 is 16.4. The van der Waals surface area contributed by atoms with E-state index < -0.39 is 23.1 Å². The van der Waals surface area contributed by atoms with Crippen LogP contribution in [0.2, 0.25) is 5.02 Å². The van der Waals surface area contributed by atoms with Gasteiger partial charge in [0.2, 0.25) is 0 Å². The van der Waals surface area contributed by atoms with Crippen LogP contribution in [0.15, 0.2) is 88.5 Å². The number of aromatic nitrogens is 3. The number of nitrogens with two attached hydrogens (primary N) is 1. The van der Waals surface area contributed by atoms with Gasteiger partial charge in [-0.3, -0.25) is 9.36 Å². The second-order valence-corrected chi connectivity index (χ2v) is 7.70. The molecule has 162 valence electrons. The van der Waals surface area contributed by atoms with Crippen molar-refractivity contribution in [1.82, 2.24) is 14.3 Å². The first-order valence-electron chi connectivity index (χ1n) is 9.96. The quantitative estimate of drug-likeness (QED) is 0.486. The van der Waals surface area contributed by atoms with Gasteiger partial charge >= 0.3 is 5.69 Å². The largest absolute Gasteiger partial charge is 0.347 e. The SMILES string of the molecule is NC(Cn1c(=O)c(-c2ccccc2Cl)nn(Cc2ccccc2F)c1=O)c1ccccc1. The van der Waals surface area contributed by atoms with Crippen molar-refractivity contribution in [1.29, 1.82) is 0 Å². The van der Waals surface area contributed by atoms with Gasteiger partial charge in [-0.2, -0.15) is 5.10 Å². The fourth-order valence-electron chi connectivity index (χ4n) is 3.44. The third-order valence-corrected chi connectivity index (χ3v) is 5.46. The molecule has 1 aromatic heterocycles. The second kappa shape index (κ2) is 9.30. The molecule has 1 heterocycles. The van der Waals surface area contributed by atoms with Gasteiger partial charge in [0.05, 0.1) is 18.1 Å². The summed E-state index contributed by atoms with van der Waals surface area (Å²) in [7, 11) is 0. The molecule has 0 radical (unpaired) electrons. The lowest BCUT2D eigenvalue weighted by Gasteiger charge is -2.16. The van der Waals surface area contributed by atoms with Crippen LogP contribution in [0.25, 0.3) is 11.3 Å². The van der Waals surface area contributed by atoms with Gasteiger partial charge in [0, 0.05) is 17.2 Å². The summed E-state index contributed by atoms with van der Waals surface area (Å²) in [6.45, 7) is -0.220. The lowest BCUT2D eigenvalue weighted by atomic mass is 10.1. The van der Waals surface area contributed by atoms with Gasteiger partial charge < -0.3 is 5.73 Å². The maximum Gasteiger partial charge on any atom is 0.347 e. The van der Waals surface area contributed by atoms with E-state index in [1.165, 1.54) is 6.07 Å². The molecule has 2 N–H and O–H groups in total. The Labute approximate surface area is 188 Å². The van der Waals surface area contributed by atoms with Crippen LogP contribution >= 0.6 is 11.6 Å². The van der Waals surface area contributed by atoms with Gasteiger partial charge in [0.15, 0.2) is 5.69 Å². The molecule has 1 unspecified atom stereocenters. The number of nitrogens with zero attached hydrogens (tertiary/aromatic N) is 3. The standard InChI is InChI=1S/C24H20ClFN4O2/c25-19-12-6-5-11-18(19)22-23(31)29(15-21(27)16-8-2-1-3-9-16)24(32)30(28-22)14-17-10-4-7-13-20(17)26/h1-13,21H,14-15,27H2. The summed E-state index contributed by atoms with van der Waals surface area (Å²) in [5.74, 6) is -0.473. The van der Waals surface area contributed by atoms with Crippen molar-refractivity contribution in [2.24, 2.45) is 5.73 Å². The number of rotatable bonds is 6. The summed E-state index contributed by atoms with van der Waals surface area (Å²) >= 11 is 6.30. The smallest absolute Gasteiger partial charge is 0.322 e. The van der Waals surface area contributed by atoms with Crippen LogP contribution in [0.1, 0.15) is 17.2 Å². The predicted octanol–water partition coefficient (Wildman–Crippen LogP) is 3.61. The number of halogens is 2. The average molecular weight is 451 g/mol. The zero-order chi connectivity index (χ0) is 22.7. The summed E-state index contributed by atoms with van der Waals surface area (Å²) in [4.78, 5) is 26.5. The zero-order valence-electron chi connectivity index (χ0n) is 17.0. The molecule has 0 bridgehead atoms. The molecule has 8 heteroatoms. The van der Waals surface area contributed by atoms with E-state index in [-0.39, 0.29) is 24.3 Å². The van der Waals surface area contributed by atoms with E-state index in [4.69, 9.17) is 17.3 Å². The van der Waals surface area contributed by atoms with Crippen LogP contribution in [0.4, 0.5) is 4.39 Å². The highest BCUT2D eigenvalue weighted by Crippen LogP contribution is 2.23. The Balaban J connectivity index is 1.87. The second-order valence-electron chi connectivity index (χ2n) is 7.29. The van der Waals surface area contributed by atoms with Crippen molar-refractivity contribution < 1.29 is 4.39 Å². The fraction of sp³-hybridized carbons (Fsp3) is 0.125. The maximum atomic E-state index is 14.3. The summed E-state index contributed by atoms with van der Waals surface area (Å²) in [5.41, 5.74) is 6.42. The minimum atomic E-state index is -0.680. The van der Waals surface area contributed by atoms with E-state index in [1.807, 2.05) is 30.3 Å². The van der Waals surface area contributed by atoms with Gasteiger partial charge in [-0.1, -0.05) is 78.3 Å². The first kappa shape index (κ1) is 21.7. The van der Waals surface area contributed by atoms with Crippen LogP contribution < -0.4 is 17.0 Å². The van der Waals surface area contributed by atoms with Gasteiger partial charge in [-0.25, -0.2) is 13.9 Å². The minimum absolute atomic E-state index is 0.00759. The van der Waals surface area contributed by atoms with Gasteiger partial charge in [-0.05, 0) is 17.7 Å². The maximum absolute atomic E-state index is 14.3. The van der Waals surface area contributed by atoms with Crippen molar-refractivity contribution in [3.8, 4) is 11.3 Å². The molecule has 0 spiro atoms. The molecule has 0 amide bonds. The monoisotopic (exact) mass is 450 g/mol. The van der Waals surface area contributed by atoms with Gasteiger partial charge in [0.25, 0.3) is 5.56 Å². The molecule has 0 aliphatic rings. The lowest BCUT2D eigenvalue weighted by molar-refractivity contribution is 0.478. The molecule has 0 aliphatic carbocycles. The first-order valence-corrected chi connectivity index (χ1v) is 10.3. The molecule has 0 fully saturated rings. The molecule has 3 aromatic carbocycles. The third kappa shape index (κ3) is 4.39. The minimum Gasteiger partial charge on any atom is -0.322 e. The van der Waals surface area contributed by atoms with Crippen LogP contribution in [0, 0.1) is 5.82 Å². The summed E-state index contributed by atoms with van der Waals surface area (Å²) in [6, 6.07) is 21.4. The Kier molecular flexibility index (Phi) is 6.30. The van der Waals surface area contributed by atoms with Crippen molar-refractivity contribution in [3.63, 3.8) is 0 Å². The molecule has 0 saturated carbocycles. The highest BCUT2D eigenvalue weighted by atomic mass is 35.5. The van der Waals surface area contributed by atoms with Crippen LogP contribution in [0.3, 0.4) is 0 Å². The molecular weight excluding hydrogens is 431 g/mol. The predicted molar refractivity (Wildman–Crippen MR) is 122 cm³/mol. The molecule has 4 rings (SSSR count). The van der Waals surface area contributed by atoms with Crippen LogP contribution in [0.5, 0.6) is 0 Å². The van der Waals surface area contributed by atoms with Crippen molar-refractivity contribution in [2.45, 2.75) is 19.1 Å². The van der Waals surface area contributed by atoms with E-state index in [0.29, 0.717) is 10.6 Å². The Bertz CT molecular complexity index is 1370. The van der Waals surface area contributed by atoms with Crippen molar-refractivity contribution >= 4 is 11.6 Å². The summed E-state index contributed by atoms with van der Waals surface area (Å²) in [6.07, 6.45) is 0. The number of hydrogen-bond acceptors (Lipinski definition) is 4. The van der Waals surface area contributed by atoms with Crippen LogP contribution in [-0.2, 0) is 13.1 Å². The lowest BCUT2D eigenvalue weighted by Crippen LogP contribution is -2.44. The Morgan fingerprint density at radius 1 is 0.938 bits per heavy atom. The van der Waals surface area contributed by atoms with Gasteiger partial charge in [0.1, 0.15) is 5.82 Å². The molecule has 6 nitrogen and oxygen atoms in total. The zero-order valence-corrected chi connectivity index (χ0v) is 17.7. The fourth-order valence-corrected chi connectivity index (χ4v) is 3.66. The first-order chi connectivity index (χ1) is 15.5. The van der Waals surface area contributed by atoms with E-state index in [0.717, 1.165) is 14.8 Å². The molecule has 32 heavy (non-hydrogen) atoms. The number of benzene rings is 3. The topological polar surface area (TPSA) is 82.9 Å². The average Bonchev–Trinajstić information content (AvgIpc) is 2.81. The molecule has 0 saturated heterocycles. The highest BCUT2D eigenvalue weighted by molar-refractivity contribution is 6.33. The summed E-state index contributed by atoms with van der Waals surface area (Å²) in [5, 5.41) is 4.57. The van der Waals surface area contributed by atoms with Crippen molar-refractivity contribution in [3.05, 3.63) is 122 Å². The molecular formula is C24H20ClFN4O2. The Hall–Kier alpha value is -3.55. The van der Waals surface area contributed by atoms with E-state index in [9.17, 15) is 14.0 Å². The van der Waals surface area contributed by atoms with E-state index in [2.05, 4.69) is 5.10 Å². The molecule has 1 atom stereocenters. The van der Waals surface area contributed by atoms with Crippen LogP contribution in [-0.4, -0.2) is 14.3 Å². The Morgan fingerprint density at radius 3 is 2.31 bits per heavy atom. The van der Waals surface area contributed by atoms with Crippen molar-refractivity contribution in [2.75, 3.05) is 0 Å². The molecule has 0 aliphatic heterocycles. The third-order valence-electron chi connectivity index (χ3n) is 5.13. The van der Waals surface area contributed by atoms with E-state index in [1.54, 1.807) is 42.5 Å². The highest BCUT2D eigenvalue weighted by Gasteiger charge is 2.19. The molecule has 4 aromatic rings. The van der Waals surface area contributed by atoms with E-state index >= 15 is 0 Å². The van der Waals surface area contributed by atoms with Gasteiger partial charge in [-0.15, -0.1) is 0 Å². The normalized spacial score (nSPS) is 12.0. The Morgan fingerprint density at radius 2 is 1.59 bits per heavy atom.